The molecule has 0 aliphatic heterocycles. The van der Waals surface area contributed by atoms with E-state index in [2.05, 4.69) is 13.8 Å². The number of nitrogens with two attached hydrogens (primary N) is 1. The fraction of sp³-hybridized carbons (Fsp3) is 0.870. The second-order valence-electron chi connectivity index (χ2n) is 8.09. The molecule has 0 bridgehead atoms. The first-order valence-corrected chi connectivity index (χ1v) is 11.6. The topological polar surface area (TPSA) is 107 Å². The molecule has 0 heterocycles. The highest BCUT2D eigenvalue weighted by atomic mass is 16.5. The first-order valence-electron chi connectivity index (χ1n) is 11.6. The quantitative estimate of drug-likeness (QED) is 0.206. The molecule has 0 aliphatic rings. The van der Waals surface area contributed by atoms with E-state index in [9.17, 15) is 14.4 Å². The summed E-state index contributed by atoms with van der Waals surface area (Å²) >= 11 is 0. The van der Waals surface area contributed by atoms with Gasteiger partial charge in [-0.2, -0.15) is 0 Å². The monoisotopic (exact) mass is 413 g/mol. The number of primary amides is 1. The molecule has 0 aromatic carbocycles. The van der Waals surface area contributed by atoms with Crippen LogP contribution in [0.1, 0.15) is 117 Å². The number of carbonyl (C=O) groups is 3. The van der Waals surface area contributed by atoms with Crippen molar-refractivity contribution in [2.24, 2.45) is 11.7 Å². The van der Waals surface area contributed by atoms with E-state index < -0.39 is 5.97 Å². The lowest BCUT2D eigenvalue weighted by Crippen LogP contribution is -2.24. The van der Waals surface area contributed by atoms with E-state index in [1.54, 1.807) is 0 Å². The van der Waals surface area contributed by atoms with Crippen LogP contribution in [-0.4, -0.2) is 29.1 Å². The molecule has 2 atom stereocenters. The zero-order chi connectivity index (χ0) is 21.9. The van der Waals surface area contributed by atoms with Gasteiger partial charge in [0.1, 0.15) is 6.10 Å². The van der Waals surface area contributed by atoms with Crippen molar-refractivity contribution in [2.75, 3.05) is 0 Å². The zero-order valence-corrected chi connectivity index (χ0v) is 18.6. The van der Waals surface area contributed by atoms with Gasteiger partial charge in [0, 0.05) is 18.8 Å². The number of rotatable bonds is 20. The molecule has 0 aromatic rings. The van der Waals surface area contributed by atoms with E-state index in [-0.39, 0.29) is 30.3 Å². The fourth-order valence-corrected chi connectivity index (χ4v) is 3.49. The number of unbranched alkanes of at least 4 members (excludes halogenated alkanes) is 6. The summed E-state index contributed by atoms with van der Waals surface area (Å²) < 4.78 is 5.68. The lowest BCUT2D eigenvalue weighted by Gasteiger charge is -2.19. The van der Waals surface area contributed by atoms with Crippen LogP contribution in [0.4, 0.5) is 0 Å². The van der Waals surface area contributed by atoms with E-state index >= 15 is 0 Å². The summed E-state index contributed by atoms with van der Waals surface area (Å²) in [6, 6.07) is 0. The predicted molar refractivity (Wildman–Crippen MR) is 115 cm³/mol. The molecule has 3 N–H and O–H groups in total. The number of ether oxygens (including phenoxy) is 1. The number of carboxylic acid groups (broad SMARTS) is 1. The Kier molecular flexibility index (Phi) is 17.4. The molecular formula is C23H43NO5. The number of carbonyl (C=O) groups excluding carboxylic acids is 2. The number of hydrogen-bond acceptors (Lipinski definition) is 4. The first-order chi connectivity index (χ1) is 13.9. The van der Waals surface area contributed by atoms with Gasteiger partial charge in [-0.1, -0.05) is 52.4 Å². The zero-order valence-electron chi connectivity index (χ0n) is 18.6. The lowest BCUT2D eigenvalue weighted by molar-refractivity contribution is -0.150. The smallest absolute Gasteiger partial charge is 0.306 e. The van der Waals surface area contributed by atoms with Crippen LogP contribution in [0.3, 0.4) is 0 Å². The van der Waals surface area contributed by atoms with Crippen LogP contribution in [0.2, 0.25) is 0 Å². The van der Waals surface area contributed by atoms with Gasteiger partial charge in [0.15, 0.2) is 0 Å². The molecule has 0 aromatic heterocycles. The Bertz CT molecular complexity index is 453. The minimum Gasteiger partial charge on any atom is -0.481 e. The SMILES string of the molecule is CCCCCC(CCCC(CCCCCCC(=O)O)C(N)=O)OC(=O)CCCC. The summed E-state index contributed by atoms with van der Waals surface area (Å²) in [5.74, 6) is -1.29. The maximum atomic E-state index is 12.0. The van der Waals surface area contributed by atoms with Crippen molar-refractivity contribution >= 4 is 17.8 Å². The standard InChI is InChI=1S/C23H43NO5/c1-3-5-9-15-20(29-22(27)18-6-4-2)16-12-14-19(23(24)28)13-10-7-8-11-17-21(25)26/h19-20H,3-18H2,1-2H3,(H2,24,28)(H,25,26). The molecule has 6 heteroatoms. The van der Waals surface area contributed by atoms with Crippen molar-refractivity contribution in [1.82, 2.24) is 0 Å². The molecule has 6 nitrogen and oxygen atoms in total. The highest BCUT2D eigenvalue weighted by Gasteiger charge is 2.18. The van der Waals surface area contributed by atoms with Crippen LogP contribution in [0.15, 0.2) is 0 Å². The van der Waals surface area contributed by atoms with Gasteiger partial charge in [-0.25, -0.2) is 0 Å². The Morgan fingerprint density at radius 2 is 1.34 bits per heavy atom. The molecule has 1 amide bonds. The van der Waals surface area contributed by atoms with E-state index in [1.807, 2.05) is 0 Å². The minimum atomic E-state index is -0.760. The van der Waals surface area contributed by atoms with Crippen molar-refractivity contribution in [2.45, 2.75) is 123 Å². The van der Waals surface area contributed by atoms with Gasteiger partial charge in [-0.05, 0) is 51.4 Å². The molecule has 0 spiro atoms. The third-order valence-corrected chi connectivity index (χ3v) is 5.34. The Morgan fingerprint density at radius 1 is 0.759 bits per heavy atom. The van der Waals surface area contributed by atoms with Crippen LogP contribution in [-0.2, 0) is 19.1 Å². The maximum absolute atomic E-state index is 12.0. The Labute approximate surface area is 177 Å². The number of carboxylic acids is 1. The highest BCUT2D eigenvalue weighted by molar-refractivity contribution is 5.76. The molecule has 0 saturated carbocycles. The summed E-state index contributed by atoms with van der Waals surface area (Å²) in [6.45, 7) is 4.21. The van der Waals surface area contributed by atoms with Gasteiger partial charge in [0.2, 0.25) is 5.91 Å². The molecule has 0 aliphatic carbocycles. The van der Waals surface area contributed by atoms with Gasteiger partial charge in [0.05, 0.1) is 0 Å². The molecule has 29 heavy (non-hydrogen) atoms. The maximum Gasteiger partial charge on any atom is 0.306 e. The number of amides is 1. The van der Waals surface area contributed by atoms with Crippen LogP contribution >= 0.6 is 0 Å². The van der Waals surface area contributed by atoms with Gasteiger partial charge in [-0.3, -0.25) is 14.4 Å². The number of aliphatic carboxylic acids is 1. The van der Waals surface area contributed by atoms with Crippen molar-refractivity contribution in [3.63, 3.8) is 0 Å². The van der Waals surface area contributed by atoms with Gasteiger partial charge in [0.25, 0.3) is 0 Å². The van der Waals surface area contributed by atoms with Gasteiger partial charge in [-0.15, -0.1) is 0 Å². The van der Waals surface area contributed by atoms with E-state index in [1.165, 1.54) is 0 Å². The average Bonchev–Trinajstić information content (AvgIpc) is 2.67. The number of esters is 1. The van der Waals surface area contributed by atoms with Gasteiger partial charge < -0.3 is 15.6 Å². The fourth-order valence-electron chi connectivity index (χ4n) is 3.49. The second-order valence-corrected chi connectivity index (χ2v) is 8.09. The third-order valence-electron chi connectivity index (χ3n) is 5.34. The van der Waals surface area contributed by atoms with E-state index in [0.717, 1.165) is 83.5 Å². The van der Waals surface area contributed by atoms with Crippen LogP contribution in [0.5, 0.6) is 0 Å². The van der Waals surface area contributed by atoms with Crippen molar-refractivity contribution in [3.05, 3.63) is 0 Å². The van der Waals surface area contributed by atoms with Crippen molar-refractivity contribution in [3.8, 4) is 0 Å². The molecule has 0 radical (unpaired) electrons. The molecule has 0 fully saturated rings. The van der Waals surface area contributed by atoms with Crippen molar-refractivity contribution in [1.29, 1.82) is 0 Å². The number of hydrogen-bond donors (Lipinski definition) is 2. The van der Waals surface area contributed by atoms with Crippen LogP contribution < -0.4 is 5.73 Å². The largest absolute Gasteiger partial charge is 0.481 e. The second kappa shape index (κ2) is 18.4. The van der Waals surface area contributed by atoms with Crippen molar-refractivity contribution < 1.29 is 24.2 Å². The minimum absolute atomic E-state index is 0.0598. The summed E-state index contributed by atoms with van der Waals surface area (Å²) in [5, 5.41) is 8.65. The Balaban J connectivity index is 4.27. The average molecular weight is 414 g/mol. The Hall–Kier alpha value is -1.59. The van der Waals surface area contributed by atoms with Gasteiger partial charge >= 0.3 is 11.9 Å². The highest BCUT2D eigenvalue weighted by Crippen LogP contribution is 2.21. The summed E-state index contributed by atoms with van der Waals surface area (Å²) in [6.07, 6.45) is 13.1. The molecule has 170 valence electrons. The van der Waals surface area contributed by atoms with Crippen LogP contribution in [0.25, 0.3) is 0 Å². The summed E-state index contributed by atoms with van der Waals surface area (Å²) in [7, 11) is 0. The van der Waals surface area contributed by atoms with Crippen LogP contribution in [0, 0.1) is 5.92 Å². The molecular weight excluding hydrogens is 370 g/mol. The van der Waals surface area contributed by atoms with E-state index in [4.69, 9.17) is 15.6 Å². The third kappa shape index (κ3) is 17.0. The summed E-state index contributed by atoms with van der Waals surface area (Å²) in [4.78, 5) is 34.2. The normalized spacial score (nSPS) is 13.0. The Morgan fingerprint density at radius 3 is 1.97 bits per heavy atom. The predicted octanol–water partition coefficient (Wildman–Crippen LogP) is 5.37. The van der Waals surface area contributed by atoms with E-state index in [0.29, 0.717) is 12.8 Å². The lowest BCUT2D eigenvalue weighted by atomic mass is 9.93. The molecule has 0 rings (SSSR count). The molecule has 2 unspecified atom stereocenters. The molecule has 0 saturated heterocycles. The first kappa shape index (κ1) is 27.4. The summed E-state index contributed by atoms with van der Waals surface area (Å²) in [5.41, 5.74) is 5.57.